The minimum atomic E-state index is -1.57. The molecule has 0 aromatic carbocycles. The number of hydrogen-bond acceptors (Lipinski definition) is 10. The summed E-state index contributed by atoms with van der Waals surface area (Å²) >= 11 is 0. The third kappa shape index (κ3) is 58.6. The van der Waals surface area contributed by atoms with Crippen LogP contribution in [-0.2, 0) is 133 Å². The van der Waals surface area contributed by atoms with Crippen molar-refractivity contribution in [3.63, 3.8) is 0 Å². The van der Waals surface area contributed by atoms with E-state index in [9.17, 15) is 0 Å². The van der Waals surface area contributed by atoms with Crippen LogP contribution < -0.4 is 0 Å². The fraction of sp³-hybridized carbons (Fsp3) is 0.875. The van der Waals surface area contributed by atoms with Crippen LogP contribution in [0.3, 0.4) is 0 Å². The van der Waals surface area contributed by atoms with Crippen LogP contribution in [0.5, 0.6) is 0 Å². The molecule has 10 nitrogen and oxygen atoms in total. The van der Waals surface area contributed by atoms with E-state index >= 15 is 0 Å². The summed E-state index contributed by atoms with van der Waals surface area (Å²) in [6.07, 6.45) is 6.83. The molecule has 6 radical (unpaired) electrons. The molecule has 1 aliphatic rings. The molecule has 0 aromatic heterocycles. The van der Waals surface area contributed by atoms with Gasteiger partial charge in [-0.15, -0.1) is 0 Å². The van der Waals surface area contributed by atoms with Gasteiger partial charge in [0, 0.05) is 132 Å². The van der Waals surface area contributed by atoms with Gasteiger partial charge < -0.3 is 64.8 Å². The second-order valence-electron chi connectivity index (χ2n) is 8.25. The van der Waals surface area contributed by atoms with E-state index in [-0.39, 0.29) is 98.1 Å². The molecule has 4 unspecified atom stereocenters. The van der Waals surface area contributed by atoms with Crippen LogP contribution in [0.2, 0.25) is 26.2 Å². The summed E-state index contributed by atoms with van der Waals surface area (Å²) in [5.41, 5.74) is 0. The monoisotopic (exact) mass is 977 g/mol. The van der Waals surface area contributed by atoms with Crippen molar-refractivity contribution in [3.05, 3.63) is 20.8 Å². The maximum atomic E-state index is 8.58. The Hall–Kier alpha value is 4.43. The predicted octanol–water partition coefficient (Wildman–Crippen LogP) is 3.79. The van der Waals surface area contributed by atoms with E-state index in [1.807, 2.05) is 20.8 Å². The summed E-state index contributed by atoms with van der Waals surface area (Å²) in [7, 11) is -6.85. The molecule has 0 saturated carbocycles. The van der Waals surface area contributed by atoms with Crippen LogP contribution in [0, 0.1) is 20.8 Å². The van der Waals surface area contributed by atoms with Gasteiger partial charge in [0.15, 0.2) is 34.2 Å². The van der Waals surface area contributed by atoms with E-state index in [1.165, 1.54) is 19.3 Å². The van der Waals surface area contributed by atoms with Crippen molar-refractivity contribution in [3.8, 4) is 0 Å². The summed E-state index contributed by atoms with van der Waals surface area (Å²) < 4.78 is 42.5. The van der Waals surface area contributed by atoms with Gasteiger partial charge in [0.25, 0.3) is 0 Å². The third-order valence-electron chi connectivity index (χ3n) is 4.27. The molecular weight excluding hydrogens is 912 g/mol. The molecule has 262 valence electrons. The fourth-order valence-electron chi connectivity index (χ4n) is 1.27. The smallest absolute Gasteiger partial charge is 0.435 e. The summed E-state index contributed by atoms with van der Waals surface area (Å²) in [5.74, 6) is 0. The van der Waals surface area contributed by atoms with Crippen molar-refractivity contribution < 1.29 is 142 Å². The second-order valence-corrected chi connectivity index (χ2v) is 31.3. The van der Waals surface area contributed by atoms with Crippen molar-refractivity contribution >= 4 is 62.8 Å². The summed E-state index contributed by atoms with van der Waals surface area (Å²) in [6.45, 7) is 32.7. The normalized spacial score (nSPS) is 17.0. The Morgan fingerprint density at radius 3 is 1.00 bits per heavy atom. The average molecular weight is 978 g/mol. The SMILES string of the molecule is CCO[Si](OCC)OCC.CO[Si]1O[Si](OC)O[SiH](C)[SiH](C)O1.C[SiH](O)[SiH](C)O.[CH2-]CCC.[CH2-]CCC.[CH2-]CCC.[Y].[Y].[Y]. The van der Waals surface area contributed by atoms with E-state index in [1.54, 1.807) is 27.3 Å². The van der Waals surface area contributed by atoms with Crippen molar-refractivity contribution in [1.29, 1.82) is 0 Å². The summed E-state index contributed by atoms with van der Waals surface area (Å²) in [5, 5.41) is 0. The first-order valence-electron chi connectivity index (χ1n) is 14.7. The van der Waals surface area contributed by atoms with Crippen LogP contribution in [0.4, 0.5) is 0 Å². The average Bonchev–Trinajstić information content (AvgIpc) is 3.11. The van der Waals surface area contributed by atoms with Crippen molar-refractivity contribution in [2.24, 2.45) is 0 Å². The molecule has 0 bridgehead atoms. The van der Waals surface area contributed by atoms with Crippen LogP contribution in [0.15, 0.2) is 0 Å². The Labute approximate surface area is 361 Å². The van der Waals surface area contributed by atoms with Crippen LogP contribution >= 0.6 is 0 Å². The minimum absolute atomic E-state index is 0. The number of unbranched alkanes of at least 4 members (excludes halogenated alkanes) is 3. The van der Waals surface area contributed by atoms with Crippen molar-refractivity contribution in [1.82, 2.24) is 0 Å². The number of rotatable bonds is 12. The first kappa shape index (κ1) is 66.7. The van der Waals surface area contributed by atoms with Crippen molar-refractivity contribution in [2.45, 2.75) is 106 Å². The van der Waals surface area contributed by atoms with Gasteiger partial charge in [0.05, 0.1) is 0 Å². The molecular formula is C24H66O10Si7Y3-3. The second kappa shape index (κ2) is 56.8. The molecule has 1 rings (SSSR count). The van der Waals surface area contributed by atoms with E-state index < -0.39 is 62.8 Å². The zero-order valence-electron chi connectivity index (χ0n) is 30.2. The van der Waals surface area contributed by atoms with Crippen LogP contribution in [0.25, 0.3) is 0 Å². The maximum absolute atomic E-state index is 8.58. The Kier molecular flexibility index (Phi) is 86.0. The summed E-state index contributed by atoms with van der Waals surface area (Å²) in [6, 6.07) is 0. The van der Waals surface area contributed by atoms with Crippen LogP contribution in [0.1, 0.15) is 80.1 Å². The van der Waals surface area contributed by atoms with Gasteiger partial charge in [-0.2, -0.15) is 19.3 Å². The quantitative estimate of drug-likeness (QED) is 0.222. The van der Waals surface area contributed by atoms with Gasteiger partial charge in [0.2, 0.25) is 0 Å². The third-order valence-corrected chi connectivity index (χ3v) is 25.7. The van der Waals surface area contributed by atoms with Gasteiger partial charge in [-0.25, -0.2) is 0 Å². The fourth-order valence-corrected chi connectivity index (χ4v) is 14.9. The Bertz CT molecular complexity index is 416. The van der Waals surface area contributed by atoms with Gasteiger partial charge in [-0.3, -0.25) is 0 Å². The molecule has 1 saturated heterocycles. The molecule has 20 heteroatoms. The van der Waals surface area contributed by atoms with Crippen LogP contribution in [-0.4, -0.2) is 106 Å². The van der Waals surface area contributed by atoms with Gasteiger partial charge in [-0.05, 0) is 47.0 Å². The molecule has 1 heterocycles. The van der Waals surface area contributed by atoms with E-state index in [2.05, 4.69) is 54.6 Å². The summed E-state index contributed by atoms with van der Waals surface area (Å²) in [4.78, 5) is 17.2. The first-order chi connectivity index (χ1) is 19.4. The number of hydrogen-bond donors (Lipinski definition) is 2. The van der Waals surface area contributed by atoms with Gasteiger partial charge in [0.1, 0.15) is 0 Å². The van der Waals surface area contributed by atoms with E-state index in [0.29, 0.717) is 19.8 Å². The Morgan fingerprint density at radius 1 is 0.636 bits per heavy atom. The molecule has 0 amide bonds. The molecule has 0 aromatic rings. The molecule has 1 fully saturated rings. The van der Waals surface area contributed by atoms with Crippen molar-refractivity contribution in [2.75, 3.05) is 34.0 Å². The predicted molar refractivity (Wildman–Crippen MR) is 187 cm³/mol. The topological polar surface area (TPSA) is 114 Å². The van der Waals surface area contributed by atoms with E-state index in [4.69, 9.17) is 44.1 Å². The molecule has 2 N–H and O–H groups in total. The maximum Gasteiger partial charge on any atom is 0.577 e. The molecule has 1 aliphatic heterocycles. The van der Waals surface area contributed by atoms with Gasteiger partial charge in [-0.1, -0.05) is 40.0 Å². The largest absolute Gasteiger partial charge is 0.577 e. The Balaban J connectivity index is -0.0000000624. The first-order valence-corrected chi connectivity index (χ1v) is 30.3. The Morgan fingerprint density at radius 2 is 0.864 bits per heavy atom. The minimum Gasteiger partial charge on any atom is -0.435 e. The molecule has 4 atom stereocenters. The molecule has 0 aliphatic carbocycles. The molecule has 0 spiro atoms. The zero-order chi connectivity index (χ0) is 33.1. The standard InChI is InChI=1S/C6H15O3Si.C4H14O5Si4.3C4H9.C2H10O2Si2.3Y/c1-4-7-10(8-5-2)9-6-3;1-5-12-7-10(3)11(4)8-13(6-2)9-12;3*1-3-4-2;1-5(3)6(2)4;;;/h4-6H2,1-3H3;10-11H,1-4H3;3*1,3-4H2,2H3;3-6H,1-2H3;;;/q;;3*-1;;;;. The van der Waals surface area contributed by atoms with Gasteiger partial charge >= 0.3 is 28.6 Å². The zero-order valence-corrected chi connectivity index (χ0v) is 46.3. The molecule has 44 heavy (non-hydrogen) atoms. The van der Waals surface area contributed by atoms with E-state index in [0.717, 1.165) is 19.3 Å².